The van der Waals surface area contributed by atoms with Crippen LogP contribution in [0.2, 0.25) is 0 Å². The van der Waals surface area contributed by atoms with Crippen molar-refractivity contribution in [1.29, 1.82) is 0 Å². The zero-order valence-electron chi connectivity index (χ0n) is 19.4. The Morgan fingerprint density at radius 3 is 1.16 bits per heavy atom. The van der Waals surface area contributed by atoms with Crippen LogP contribution in [-0.4, -0.2) is 9.13 Å². The van der Waals surface area contributed by atoms with Crippen LogP contribution < -0.4 is 0 Å². The highest BCUT2D eigenvalue weighted by Crippen LogP contribution is 2.40. The maximum atomic E-state index is 16.8. The van der Waals surface area contributed by atoms with Gasteiger partial charge in [-0.15, -0.1) is 0 Å². The van der Waals surface area contributed by atoms with Gasteiger partial charge < -0.3 is 9.13 Å². The van der Waals surface area contributed by atoms with Crippen LogP contribution in [-0.2, 0) is 6.67 Å². The number of hydrogen-bond acceptors (Lipinski definition) is 0. The highest BCUT2D eigenvalue weighted by atomic mass is 19.2. The second-order valence-corrected chi connectivity index (χ2v) is 8.99. The van der Waals surface area contributed by atoms with Crippen molar-refractivity contribution >= 4 is 43.6 Å². The lowest BCUT2D eigenvalue weighted by molar-refractivity contribution is 0.430. The predicted octanol–water partition coefficient (Wildman–Crippen LogP) is 8.77. The fourth-order valence-corrected chi connectivity index (χ4v) is 5.56. The van der Waals surface area contributed by atoms with E-state index in [1.807, 2.05) is 48.5 Å². The summed E-state index contributed by atoms with van der Waals surface area (Å²) in [5.41, 5.74) is 0.586. The quantitative estimate of drug-likeness (QED) is 0.172. The van der Waals surface area contributed by atoms with Gasteiger partial charge >= 0.3 is 0 Å². The Bertz CT molecular complexity index is 1910. The molecule has 0 fully saturated rings. The Kier molecular flexibility index (Phi) is 4.67. The van der Waals surface area contributed by atoms with Crippen molar-refractivity contribution in [2.24, 2.45) is 0 Å². The Morgan fingerprint density at radius 1 is 0.432 bits per heavy atom. The first-order valence-corrected chi connectivity index (χ1v) is 11.8. The van der Waals surface area contributed by atoms with E-state index >= 15 is 13.2 Å². The maximum Gasteiger partial charge on any atom is 0.186 e. The molecule has 0 saturated heterocycles. The molecule has 6 heteroatoms. The lowest BCUT2D eigenvalue weighted by Gasteiger charge is -2.19. The van der Waals surface area contributed by atoms with Crippen LogP contribution in [0.1, 0.15) is 5.56 Å². The fourth-order valence-electron chi connectivity index (χ4n) is 5.56. The van der Waals surface area contributed by atoms with Crippen molar-refractivity contribution in [1.82, 2.24) is 9.13 Å². The predicted molar refractivity (Wildman–Crippen MR) is 140 cm³/mol. The Hall–Kier alpha value is -4.58. The molecule has 0 bridgehead atoms. The molecular weight excluding hydrogens is 476 g/mol. The smallest absolute Gasteiger partial charge is 0.186 e. The fraction of sp³-hybridized carbons (Fsp3) is 0.0323. The summed E-state index contributed by atoms with van der Waals surface area (Å²) in [6.07, 6.45) is 0. The number of hydrogen-bond donors (Lipinski definition) is 0. The van der Waals surface area contributed by atoms with Crippen LogP contribution in [0.25, 0.3) is 55.0 Å². The molecule has 7 aromatic rings. The summed E-state index contributed by atoms with van der Waals surface area (Å²) >= 11 is 0. The van der Waals surface area contributed by atoms with Gasteiger partial charge in [0.2, 0.25) is 0 Å². The van der Waals surface area contributed by atoms with Gasteiger partial charge in [-0.05, 0) is 24.3 Å². The number of nitrogens with zero attached hydrogens (tertiary/aromatic N) is 2. The Morgan fingerprint density at radius 2 is 0.784 bits per heavy atom. The highest BCUT2D eigenvalue weighted by Gasteiger charge is 2.30. The number of rotatable bonds is 3. The van der Waals surface area contributed by atoms with Crippen LogP contribution >= 0.6 is 0 Å². The second kappa shape index (κ2) is 7.96. The van der Waals surface area contributed by atoms with Gasteiger partial charge in [-0.1, -0.05) is 72.8 Å². The molecule has 2 heterocycles. The van der Waals surface area contributed by atoms with Gasteiger partial charge in [-0.2, -0.15) is 0 Å². The minimum atomic E-state index is -1.43. The number of benzene rings is 5. The maximum absolute atomic E-state index is 16.8. The van der Waals surface area contributed by atoms with Gasteiger partial charge in [0.25, 0.3) is 0 Å². The largest absolute Gasteiger partial charge is 0.306 e. The van der Waals surface area contributed by atoms with E-state index in [9.17, 15) is 4.39 Å². The first-order valence-electron chi connectivity index (χ1n) is 11.8. The molecule has 180 valence electrons. The molecule has 7 rings (SSSR count). The van der Waals surface area contributed by atoms with E-state index in [2.05, 4.69) is 0 Å². The molecule has 0 N–H and O–H groups in total. The van der Waals surface area contributed by atoms with Crippen molar-refractivity contribution in [2.45, 2.75) is 6.67 Å². The van der Waals surface area contributed by atoms with Crippen LogP contribution in [0.4, 0.5) is 17.6 Å². The first kappa shape index (κ1) is 21.7. The molecule has 0 radical (unpaired) electrons. The number of para-hydroxylation sites is 4. The van der Waals surface area contributed by atoms with Gasteiger partial charge in [-0.25, -0.2) is 17.6 Å². The number of alkyl halides is 1. The number of fused-ring (bicyclic) bond motifs is 6. The Balaban J connectivity index is 1.70. The molecule has 0 aliphatic rings. The van der Waals surface area contributed by atoms with Gasteiger partial charge in [0.05, 0.1) is 27.8 Å². The average Bonchev–Trinajstić information content (AvgIpc) is 3.44. The first-order chi connectivity index (χ1) is 18.1. The van der Waals surface area contributed by atoms with Crippen LogP contribution in [0.5, 0.6) is 0 Å². The van der Waals surface area contributed by atoms with Crippen molar-refractivity contribution in [3.63, 3.8) is 0 Å². The molecule has 37 heavy (non-hydrogen) atoms. The van der Waals surface area contributed by atoms with Crippen LogP contribution in [0, 0.1) is 17.5 Å². The topological polar surface area (TPSA) is 9.86 Å². The molecule has 0 unspecified atom stereocenters. The second-order valence-electron chi connectivity index (χ2n) is 8.99. The van der Waals surface area contributed by atoms with E-state index in [4.69, 9.17) is 0 Å². The van der Waals surface area contributed by atoms with E-state index in [1.165, 1.54) is 9.13 Å². The molecule has 0 aliphatic carbocycles. The van der Waals surface area contributed by atoms with E-state index in [-0.39, 0.29) is 5.69 Å². The molecule has 0 atom stereocenters. The van der Waals surface area contributed by atoms with Gasteiger partial charge in [0, 0.05) is 27.1 Å². The summed E-state index contributed by atoms with van der Waals surface area (Å²) in [6.45, 7) is -1.37. The zero-order valence-corrected chi connectivity index (χ0v) is 19.4. The summed E-state index contributed by atoms with van der Waals surface area (Å²) in [6, 6.07) is 28.9. The summed E-state index contributed by atoms with van der Waals surface area (Å²) in [5.74, 6) is -3.87. The summed E-state index contributed by atoms with van der Waals surface area (Å²) in [5, 5.41) is 3.13. The van der Waals surface area contributed by atoms with E-state index in [0.29, 0.717) is 22.1 Å². The third kappa shape index (κ3) is 2.87. The summed E-state index contributed by atoms with van der Waals surface area (Å²) in [7, 11) is 0. The molecule has 5 aromatic carbocycles. The minimum absolute atomic E-state index is 0.337. The number of aromatic nitrogens is 2. The summed E-state index contributed by atoms with van der Waals surface area (Å²) in [4.78, 5) is 0. The molecule has 0 spiro atoms. The Labute approximate surface area is 208 Å². The lowest BCUT2D eigenvalue weighted by atomic mass is 10.1. The molecule has 2 aromatic heterocycles. The lowest BCUT2D eigenvalue weighted by Crippen LogP contribution is -2.13. The van der Waals surface area contributed by atoms with Crippen molar-refractivity contribution in [3.8, 4) is 11.4 Å². The average molecular weight is 494 g/mol. The number of halogens is 4. The van der Waals surface area contributed by atoms with Gasteiger partial charge in [0.1, 0.15) is 12.4 Å². The third-order valence-electron chi connectivity index (χ3n) is 7.11. The normalized spacial score (nSPS) is 11.9. The molecule has 0 aliphatic heterocycles. The standard InChI is InChI=1S/C31H18F4N2/c32-17-22-27(33)28(34)31(37-25-15-7-3-11-20(25)21-12-4-8-16-26(21)37)29(35)30(22)36-23-13-5-1-9-18(23)19-10-2-6-14-24(19)36/h1-16H,17H2. The third-order valence-corrected chi connectivity index (χ3v) is 7.11. The molecule has 0 saturated carbocycles. The van der Waals surface area contributed by atoms with Crippen molar-refractivity contribution in [3.05, 3.63) is 120 Å². The van der Waals surface area contributed by atoms with Crippen molar-refractivity contribution < 1.29 is 17.6 Å². The molecule has 0 amide bonds. The highest BCUT2D eigenvalue weighted by molar-refractivity contribution is 6.10. The van der Waals surface area contributed by atoms with E-state index in [1.54, 1.807) is 48.5 Å². The van der Waals surface area contributed by atoms with Crippen LogP contribution in [0.3, 0.4) is 0 Å². The minimum Gasteiger partial charge on any atom is -0.306 e. The summed E-state index contributed by atoms with van der Waals surface area (Å²) < 4.78 is 65.5. The monoisotopic (exact) mass is 494 g/mol. The van der Waals surface area contributed by atoms with Crippen molar-refractivity contribution in [2.75, 3.05) is 0 Å². The molecule has 2 nitrogen and oxygen atoms in total. The SMILES string of the molecule is FCc1c(F)c(F)c(-n2c3ccccc3c3ccccc32)c(F)c1-n1c2ccccc2c2ccccc21. The van der Waals surface area contributed by atoms with E-state index in [0.717, 1.165) is 21.5 Å². The van der Waals surface area contributed by atoms with Crippen LogP contribution in [0.15, 0.2) is 97.1 Å². The zero-order chi connectivity index (χ0) is 25.3. The van der Waals surface area contributed by atoms with E-state index < -0.39 is 35.4 Å². The van der Waals surface area contributed by atoms with Gasteiger partial charge in [-0.3, -0.25) is 0 Å². The van der Waals surface area contributed by atoms with Gasteiger partial charge in [0.15, 0.2) is 17.5 Å². The molecular formula is C31H18F4N2.